The van der Waals surface area contributed by atoms with Crippen LogP contribution in [0.5, 0.6) is 0 Å². The van der Waals surface area contributed by atoms with Gasteiger partial charge in [-0.25, -0.2) is 0 Å². The van der Waals surface area contributed by atoms with Gasteiger partial charge in [-0.05, 0) is 31.9 Å². The highest BCUT2D eigenvalue weighted by Crippen LogP contribution is 2.23. The summed E-state index contributed by atoms with van der Waals surface area (Å²) in [4.78, 5) is 8.10. The molecule has 15 heavy (non-hydrogen) atoms. The van der Waals surface area contributed by atoms with Crippen molar-refractivity contribution in [1.29, 1.82) is 0 Å². The van der Waals surface area contributed by atoms with E-state index in [9.17, 15) is 0 Å². The molecule has 0 bridgehead atoms. The van der Waals surface area contributed by atoms with Gasteiger partial charge in [0, 0.05) is 30.7 Å². The number of hydrogen-bond acceptors (Lipinski definition) is 2. The van der Waals surface area contributed by atoms with Gasteiger partial charge in [0.25, 0.3) is 0 Å². The smallest absolute Gasteiger partial charge is 0.0956 e. The fourth-order valence-corrected chi connectivity index (χ4v) is 1.73. The molecule has 0 aromatic carbocycles. The predicted octanol–water partition coefficient (Wildman–Crippen LogP) is 2.55. The van der Waals surface area contributed by atoms with Crippen LogP contribution in [0.2, 0.25) is 0 Å². The standard InChI is InChI=1S/C12H13N3/c1-9-10(6-8-13-2)12-11(15(9)3)5-4-7-14-12/h4-8H,2H2,1,3H3. The van der Waals surface area contributed by atoms with Crippen molar-refractivity contribution >= 4 is 23.8 Å². The molecule has 0 radical (unpaired) electrons. The van der Waals surface area contributed by atoms with Crippen molar-refractivity contribution in [2.45, 2.75) is 6.92 Å². The number of aliphatic imine (C=N–C) groups is 1. The molecule has 0 spiro atoms. The third-order valence-electron chi connectivity index (χ3n) is 2.64. The summed E-state index contributed by atoms with van der Waals surface area (Å²) < 4.78 is 2.13. The van der Waals surface area contributed by atoms with Gasteiger partial charge in [0.05, 0.1) is 11.0 Å². The summed E-state index contributed by atoms with van der Waals surface area (Å²) in [6.45, 7) is 5.50. The molecule has 76 valence electrons. The van der Waals surface area contributed by atoms with Gasteiger partial charge in [-0.1, -0.05) is 0 Å². The minimum absolute atomic E-state index is 1.01. The van der Waals surface area contributed by atoms with Gasteiger partial charge in [-0.2, -0.15) is 0 Å². The molecule has 0 fully saturated rings. The monoisotopic (exact) mass is 199 g/mol. The zero-order valence-electron chi connectivity index (χ0n) is 8.94. The first-order chi connectivity index (χ1) is 7.25. The van der Waals surface area contributed by atoms with E-state index in [0.29, 0.717) is 0 Å². The van der Waals surface area contributed by atoms with E-state index < -0.39 is 0 Å². The maximum Gasteiger partial charge on any atom is 0.0956 e. The number of aryl methyl sites for hydroxylation is 1. The molecule has 0 saturated heterocycles. The number of nitrogens with zero attached hydrogens (tertiary/aromatic N) is 3. The fraction of sp³-hybridized carbons (Fsp3) is 0.167. The van der Waals surface area contributed by atoms with Crippen LogP contribution >= 0.6 is 0 Å². The minimum atomic E-state index is 1.01. The SMILES string of the molecule is C=NC=Cc1c(C)n(C)c2cccnc12. The molecular weight excluding hydrogens is 186 g/mol. The quantitative estimate of drug-likeness (QED) is 0.683. The number of hydrogen-bond donors (Lipinski definition) is 0. The van der Waals surface area contributed by atoms with Crippen molar-refractivity contribution in [3.8, 4) is 0 Å². The van der Waals surface area contributed by atoms with Crippen LogP contribution in [0.3, 0.4) is 0 Å². The highest BCUT2D eigenvalue weighted by Gasteiger charge is 2.09. The zero-order chi connectivity index (χ0) is 10.8. The molecule has 0 atom stereocenters. The largest absolute Gasteiger partial charge is 0.346 e. The second-order valence-electron chi connectivity index (χ2n) is 3.43. The van der Waals surface area contributed by atoms with Gasteiger partial charge in [-0.15, -0.1) is 0 Å². The lowest BCUT2D eigenvalue weighted by Gasteiger charge is -1.96. The molecule has 2 aromatic heterocycles. The molecule has 3 heteroatoms. The van der Waals surface area contributed by atoms with Crippen LogP contribution in [-0.2, 0) is 7.05 Å². The first-order valence-electron chi connectivity index (χ1n) is 4.78. The topological polar surface area (TPSA) is 30.2 Å². The molecule has 2 rings (SSSR count). The summed E-state index contributed by atoms with van der Waals surface area (Å²) in [5, 5.41) is 0. The van der Waals surface area contributed by atoms with E-state index in [1.54, 1.807) is 12.4 Å². The average molecular weight is 199 g/mol. The Morgan fingerprint density at radius 3 is 3.07 bits per heavy atom. The van der Waals surface area contributed by atoms with Gasteiger partial charge in [0.2, 0.25) is 0 Å². The number of aromatic nitrogens is 2. The van der Waals surface area contributed by atoms with Crippen molar-refractivity contribution in [3.63, 3.8) is 0 Å². The normalized spacial score (nSPS) is 11.3. The molecule has 2 aromatic rings. The van der Waals surface area contributed by atoms with Crippen molar-refractivity contribution < 1.29 is 0 Å². The number of fused-ring (bicyclic) bond motifs is 1. The van der Waals surface area contributed by atoms with E-state index in [1.807, 2.05) is 19.2 Å². The lowest BCUT2D eigenvalue weighted by molar-refractivity contribution is 0.916. The molecule has 3 nitrogen and oxygen atoms in total. The lowest BCUT2D eigenvalue weighted by atomic mass is 10.2. The first-order valence-corrected chi connectivity index (χ1v) is 4.78. The lowest BCUT2D eigenvalue weighted by Crippen LogP contribution is -1.89. The molecular formula is C12H13N3. The van der Waals surface area contributed by atoms with Crippen molar-refractivity contribution in [2.24, 2.45) is 12.0 Å². The molecule has 0 aliphatic rings. The van der Waals surface area contributed by atoms with Gasteiger partial charge in [-0.3, -0.25) is 9.98 Å². The molecule has 2 heterocycles. The summed E-state index contributed by atoms with van der Waals surface area (Å²) >= 11 is 0. The van der Waals surface area contributed by atoms with Crippen LogP contribution in [0.1, 0.15) is 11.3 Å². The molecule has 0 aliphatic heterocycles. The Labute approximate surface area is 88.8 Å². The van der Waals surface area contributed by atoms with Crippen LogP contribution in [-0.4, -0.2) is 16.3 Å². The molecule has 0 aliphatic carbocycles. The summed E-state index contributed by atoms with van der Waals surface area (Å²) in [5.74, 6) is 0. The van der Waals surface area contributed by atoms with Gasteiger partial charge in [0.15, 0.2) is 0 Å². The highest BCUT2D eigenvalue weighted by atomic mass is 15.0. The van der Waals surface area contributed by atoms with Gasteiger partial charge in [0.1, 0.15) is 0 Å². The van der Waals surface area contributed by atoms with E-state index in [0.717, 1.165) is 16.6 Å². The average Bonchev–Trinajstić information content (AvgIpc) is 2.51. The Hall–Kier alpha value is -1.90. The summed E-state index contributed by atoms with van der Waals surface area (Å²) in [6, 6.07) is 4.01. The van der Waals surface area contributed by atoms with E-state index >= 15 is 0 Å². The number of pyridine rings is 1. The van der Waals surface area contributed by atoms with Crippen molar-refractivity contribution in [3.05, 3.63) is 35.8 Å². The van der Waals surface area contributed by atoms with E-state index in [4.69, 9.17) is 0 Å². The van der Waals surface area contributed by atoms with Crippen LogP contribution in [0, 0.1) is 6.92 Å². The van der Waals surface area contributed by atoms with E-state index in [2.05, 4.69) is 34.3 Å². The molecule has 0 N–H and O–H groups in total. The zero-order valence-corrected chi connectivity index (χ0v) is 8.94. The Bertz CT molecular complexity index is 535. The Morgan fingerprint density at radius 2 is 2.33 bits per heavy atom. The third-order valence-corrected chi connectivity index (χ3v) is 2.64. The van der Waals surface area contributed by atoms with Crippen molar-refractivity contribution in [2.75, 3.05) is 0 Å². The molecule has 0 unspecified atom stereocenters. The van der Waals surface area contributed by atoms with Crippen LogP contribution in [0.4, 0.5) is 0 Å². The summed E-state index contributed by atoms with van der Waals surface area (Å²) in [7, 11) is 2.04. The minimum Gasteiger partial charge on any atom is -0.346 e. The van der Waals surface area contributed by atoms with Crippen LogP contribution in [0.25, 0.3) is 17.1 Å². The van der Waals surface area contributed by atoms with Crippen molar-refractivity contribution in [1.82, 2.24) is 9.55 Å². The number of rotatable bonds is 2. The van der Waals surface area contributed by atoms with Crippen LogP contribution < -0.4 is 0 Å². The third kappa shape index (κ3) is 1.46. The van der Waals surface area contributed by atoms with Crippen LogP contribution in [0.15, 0.2) is 29.5 Å². The Morgan fingerprint density at radius 1 is 1.53 bits per heavy atom. The maximum atomic E-state index is 4.38. The molecule has 0 amide bonds. The van der Waals surface area contributed by atoms with Gasteiger partial charge >= 0.3 is 0 Å². The predicted molar refractivity (Wildman–Crippen MR) is 64.0 cm³/mol. The molecule has 0 saturated carbocycles. The Balaban J connectivity index is 2.77. The Kier molecular flexibility index (Phi) is 2.37. The van der Waals surface area contributed by atoms with E-state index in [-0.39, 0.29) is 0 Å². The summed E-state index contributed by atoms with van der Waals surface area (Å²) in [6.07, 6.45) is 5.44. The first kappa shape index (κ1) is 9.65. The maximum absolute atomic E-state index is 4.38. The second kappa shape index (κ2) is 3.69. The summed E-state index contributed by atoms with van der Waals surface area (Å²) in [5.41, 5.74) is 4.44. The van der Waals surface area contributed by atoms with E-state index in [1.165, 1.54) is 5.69 Å². The van der Waals surface area contributed by atoms with Gasteiger partial charge < -0.3 is 4.57 Å². The fourth-order valence-electron chi connectivity index (χ4n) is 1.73. The highest BCUT2D eigenvalue weighted by molar-refractivity contribution is 5.87. The second-order valence-corrected chi connectivity index (χ2v) is 3.43.